The molecule has 0 aliphatic carbocycles. The van der Waals surface area contributed by atoms with Gasteiger partial charge in [-0.2, -0.15) is 0 Å². The average Bonchev–Trinajstić information content (AvgIpc) is 3.06. The molecule has 1 saturated heterocycles. The third-order valence-corrected chi connectivity index (χ3v) is 4.98. The lowest BCUT2D eigenvalue weighted by molar-refractivity contribution is -0.137. The van der Waals surface area contributed by atoms with Gasteiger partial charge in [0, 0.05) is 49.1 Å². The van der Waals surface area contributed by atoms with E-state index in [9.17, 15) is 14.7 Å². The maximum absolute atomic E-state index is 12.1. The van der Waals surface area contributed by atoms with Gasteiger partial charge in [-0.05, 0) is 30.3 Å². The number of benzene rings is 1. The molecule has 31 heavy (non-hydrogen) atoms. The van der Waals surface area contributed by atoms with Gasteiger partial charge in [-0.3, -0.25) is 9.59 Å². The number of amides is 2. The van der Waals surface area contributed by atoms with Crippen LogP contribution in [0.2, 0.25) is 0 Å². The van der Waals surface area contributed by atoms with Gasteiger partial charge in [0.2, 0.25) is 5.60 Å². The minimum atomic E-state index is -1.67. The summed E-state index contributed by atoms with van der Waals surface area (Å²) in [5.41, 5.74) is 6.26. The Hall–Kier alpha value is -4.09. The van der Waals surface area contributed by atoms with Crippen LogP contribution < -0.4 is 5.73 Å². The molecule has 0 unspecified atom stereocenters. The Morgan fingerprint density at radius 2 is 1.94 bits per heavy atom. The van der Waals surface area contributed by atoms with E-state index in [0.29, 0.717) is 34.8 Å². The highest BCUT2D eigenvalue weighted by Crippen LogP contribution is 2.25. The summed E-state index contributed by atoms with van der Waals surface area (Å²) in [6.07, 6.45) is 3.47. The molecule has 8 nitrogen and oxygen atoms in total. The van der Waals surface area contributed by atoms with Crippen LogP contribution in [0.15, 0.2) is 54.9 Å². The number of carbonyl (C=O) groups is 2. The van der Waals surface area contributed by atoms with E-state index in [4.69, 9.17) is 5.73 Å². The van der Waals surface area contributed by atoms with Crippen LogP contribution in [-0.2, 0) is 4.79 Å². The van der Waals surface area contributed by atoms with Gasteiger partial charge in [-0.15, -0.1) is 0 Å². The van der Waals surface area contributed by atoms with Crippen LogP contribution in [0, 0.1) is 11.8 Å². The molecule has 1 aliphatic rings. The number of nitrogens with zero attached hydrogens (tertiary/aromatic N) is 4. The Kier molecular flexibility index (Phi) is 5.19. The van der Waals surface area contributed by atoms with E-state index in [-0.39, 0.29) is 12.1 Å². The summed E-state index contributed by atoms with van der Waals surface area (Å²) in [7, 11) is 1.63. The van der Waals surface area contributed by atoms with Crippen molar-refractivity contribution in [3.8, 4) is 34.5 Å². The highest BCUT2D eigenvalue weighted by molar-refractivity contribution is 5.93. The second-order valence-electron chi connectivity index (χ2n) is 7.23. The number of likely N-dealkylation sites (N-methyl/N-ethyl adjacent to an activating group) is 1. The molecule has 1 atom stereocenters. The molecule has 1 aromatic carbocycles. The van der Waals surface area contributed by atoms with Crippen LogP contribution in [0.4, 0.5) is 0 Å². The van der Waals surface area contributed by atoms with E-state index < -0.39 is 17.4 Å². The second-order valence-corrected chi connectivity index (χ2v) is 7.23. The first-order valence-corrected chi connectivity index (χ1v) is 9.56. The summed E-state index contributed by atoms with van der Waals surface area (Å²) in [6, 6.07) is 12.1. The fourth-order valence-corrected chi connectivity index (χ4v) is 3.28. The average molecular weight is 413 g/mol. The lowest BCUT2D eigenvalue weighted by atomic mass is 10.0. The number of likely N-dealkylation sites (tertiary alicyclic amines) is 1. The van der Waals surface area contributed by atoms with E-state index in [2.05, 4.69) is 26.8 Å². The van der Waals surface area contributed by atoms with Crippen molar-refractivity contribution in [2.45, 2.75) is 12.0 Å². The minimum absolute atomic E-state index is 0.0883. The van der Waals surface area contributed by atoms with E-state index in [1.54, 1.807) is 55.8 Å². The fraction of sp³-hybridized carbons (Fsp3) is 0.174. The van der Waals surface area contributed by atoms with Crippen molar-refractivity contribution in [3.05, 3.63) is 66.1 Å². The maximum atomic E-state index is 12.1. The highest BCUT2D eigenvalue weighted by Gasteiger charge is 2.42. The van der Waals surface area contributed by atoms with Crippen molar-refractivity contribution in [1.82, 2.24) is 19.9 Å². The number of pyridine rings is 1. The van der Waals surface area contributed by atoms with Gasteiger partial charge in [0.25, 0.3) is 11.8 Å². The van der Waals surface area contributed by atoms with Gasteiger partial charge in [0.1, 0.15) is 5.69 Å². The van der Waals surface area contributed by atoms with Crippen LogP contribution >= 0.6 is 0 Å². The number of aromatic nitrogens is 3. The number of carbonyl (C=O) groups excluding carboxylic acids is 2. The van der Waals surface area contributed by atoms with Crippen LogP contribution in [0.25, 0.3) is 22.6 Å². The molecule has 0 radical (unpaired) electrons. The topological polar surface area (TPSA) is 122 Å². The van der Waals surface area contributed by atoms with Crippen LogP contribution in [-0.4, -0.2) is 56.0 Å². The van der Waals surface area contributed by atoms with Crippen molar-refractivity contribution >= 4 is 11.8 Å². The number of hydrogen-bond acceptors (Lipinski definition) is 6. The Morgan fingerprint density at radius 3 is 2.61 bits per heavy atom. The van der Waals surface area contributed by atoms with E-state index in [1.807, 2.05) is 6.07 Å². The summed E-state index contributed by atoms with van der Waals surface area (Å²) in [5.74, 6) is 4.95. The molecular weight excluding hydrogens is 394 g/mol. The fourth-order valence-electron chi connectivity index (χ4n) is 3.28. The summed E-state index contributed by atoms with van der Waals surface area (Å²) in [6.45, 7) is 0.457. The predicted molar refractivity (Wildman–Crippen MR) is 113 cm³/mol. The quantitative estimate of drug-likeness (QED) is 0.623. The van der Waals surface area contributed by atoms with Crippen molar-refractivity contribution < 1.29 is 14.7 Å². The number of rotatable bonds is 3. The summed E-state index contributed by atoms with van der Waals surface area (Å²) in [4.78, 5) is 38.2. The summed E-state index contributed by atoms with van der Waals surface area (Å²) < 4.78 is 0. The van der Waals surface area contributed by atoms with Crippen molar-refractivity contribution in [3.63, 3.8) is 0 Å². The molecule has 2 aromatic heterocycles. The monoisotopic (exact) mass is 413 g/mol. The number of primary amides is 1. The van der Waals surface area contributed by atoms with Crippen molar-refractivity contribution in [2.24, 2.45) is 5.73 Å². The smallest absolute Gasteiger partial charge is 0.267 e. The maximum Gasteiger partial charge on any atom is 0.267 e. The highest BCUT2D eigenvalue weighted by atomic mass is 16.3. The first kappa shape index (κ1) is 20.2. The van der Waals surface area contributed by atoms with Gasteiger partial charge in [0.15, 0.2) is 5.82 Å². The van der Waals surface area contributed by atoms with Crippen molar-refractivity contribution in [1.29, 1.82) is 0 Å². The molecule has 1 fully saturated rings. The molecule has 154 valence electrons. The van der Waals surface area contributed by atoms with E-state index in [0.717, 1.165) is 0 Å². The Labute approximate surface area is 178 Å². The van der Waals surface area contributed by atoms with Gasteiger partial charge < -0.3 is 15.7 Å². The molecule has 0 spiro atoms. The van der Waals surface area contributed by atoms with E-state index in [1.165, 1.54) is 4.90 Å². The van der Waals surface area contributed by atoms with Crippen LogP contribution in [0.3, 0.4) is 0 Å². The van der Waals surface area contributed by atoms with Gasteiger partial charge >= 0.3 is 0 Å². The first-order valence-electron chi connectivity index (χ1n) is 9.56. The minimum Gasteiger partial charge on any atom is -0.369 e. The number of aliphatic hydroxyl groups is 1. The molecule has 4 rings (SSSR count). The normalized spacial score (nSPS) is 17.9. The largest absolute Gasteiger partial charge is 0.369 e. The number of nitrogens with two attached hydrogens (primary N) is 1. The lowest BCUT2D eigenvalue weighted by Crippen LogP contribution is -2.37. The molecule has 0 saturated carbocycles. The molecule has 2 amide bonds. The zero-order chi connectivity index (χ0) is 22.0. The SMILES string of the molecule is CN1CC[C@@](O)(C#Cc2cccc(-c3cc(-c4ncccn4)cc(C(N)=O)n3)c2)C1=O. The molecule has 0 bridgehead atoms. The lowest BCUT2D eigenvalue weighted by Gasteiger charge is -2.13. The van der Waals surface area contributed by atoms with Gasteiger partial charge in [-0.1, -0.05) is 24.0 Å². The molecular formula is C23H19N5O3. The molecule has 3 N–H and O–H groups in total. The van der Waals surface area contributed by atoms with E-state index >= 15 is 0 Å². The Bertz CT molecular complexity index is 1230. The predicted octanol–water partition coefficient (Wildman–Crippen LogP) is 1.25. The Morgan fingerprint density at radius 1 is 1.16 bits per heavy atom. The Balaban J connectivity index is 1.73. The van der Waals surface area contributed by atoms with Crippen LogP contribution in [0.1, 0.15) is 22.5 Å². The van der Waals surface area contributed by atoms with Crippen molar-refractivity contribution in [2.75, 3.05) is 13.6 Å². The molecule has 3 aromatic rings. The number of hydrogen-bond donors (Lipinski definition) is 2. The zero-order valence-corrected chi connectivity index (χ0v) is 16.7. The molecule has 3 heterocycles. The first-order chi connectivity index (χ1) is 14.9. The van der Waals surface area contributed by atoms with Crippen LogP contribution in [0.5, 0.6) is 0 Å². The van der Waals surface area contributed by atoms with Gasteiger partial charge in [-0.25, -0.2) is 15.0 Å². The summed E-state index contributed by atoms with van der Waals surface area (Å²) >= 11 is 0. The molecule has 8 heteroatoms. The van der Waals surface area contributed by atoms with Gasteiger partial charge in [0.05, 0.1) is 5.69 Å². The zero-order valence-electron chi connectivity index (χ0n) is 16.7. The third-order valence-electron chi connectivity index (χ3n) is 4.98. The second kappa shape index (κ2) is 7.97. The summed E-state index contributed by atoms with van der Waals surface area (Å²) in [5, 5.41) is 10.5. The molecule has 1 aliphatic heterocycles. The standard InChI is InChI=1S/C23H19N5O3/c1-28-11-8-23(31,22(28)30)7-6-15-4-2-5-16(12-15)18-13-17(14-19(27-18)20(24)29)21-25-9-3-10-26-21/h2-5,9-10,12-14,31H,8,11H2,1H3,(H2,24,29)/t23-/m0/s1. The third kappa shape index (κ3) is 4.13.